The second-order valence-corrected chi connectivity index (χ2v) is 9.46. The summed E-state index contributed by atoms with van der Waals surface area (Å²) in [6.07, 6.45) is 0.929. The van der Waals surface area contributed by atoms with E-state index in [1.807, 2.05) is 24.3 Å². The van der Waals surface area contributed by atoms with Crippen molar-refractivity contribution < 1.29 is 4.79 Å². The number of anilines is 3. The number of thioether (sulfide) groups is 2. The SMILES string of the molecule is CCc1cccc(C)c1Nc1nnc(SCC(=O)Nc2ccccc2SCC#N)s1. The van der Waals surface area contributed by atoms with Crippen LogP contribution in [0.2, 0.25) is 0 Å². The van der Waals surface area contributed by atoms with Gasteiger partial charge in [0.1, 0.15) is 0 Å². The maximum Gasteiger partial charge on any atom is 0.234 e. The minimum atomic E-state index is -0.123. The molecule has 0 bridgehead atoms. The van der Waals surface area contributed by atoms with Gasteiger partial charge in [-0.2, -0.15) is 5.26 Å². The van der Waals surface area contributed by atoms with Crippen LogP contribution in [-0.2, 0) is 11.2 Å². The Bertz CT molecular complexity index is 1060. The predicted octanol–water partition coefficient (Wildman–Crippen LogP) is 5.50. The van der Waals surface area contributed by atoms with E-state index < -0.39 is 0 Å². The molecule has 0 radical (unpaired) electrons. The topological polar surface area (TPSA) is 90.7 Å². The molecule has 2 aromatic carbocycles. The number of hydrogen-bond donors (Lipinski definition) is 2. The van der Waals surface area contributed by atoms with Gasteiger partial charge in [0.2, 0.25) is 11.0 Å². The summed E-state index contributed by atoms with van der Waals surface area (Å²) >= 11 is 4.18. The smallest absolute Gasteiger partial charge is 0.234 e. The molecule has 3 rings (SSSR count). The third-order valence-electron chi connectivity index (χ3n) is 4.16. The molecule has 154 valence electrons. The molecule has 3 aromatic rings. The van der Waals surface area contributed by atoms with Gasteiger partial charge in [0, 0.05) is 10.6 Å². The molecule has 0 aliphatic rings. The van der Waals surface area contributed by atoms with Crippen molar-refractivity contribution in [2.45, 2.75) is 29.5 Å². The second kappa shape index (κ2) is 11.0. The van der Waals surface area contributed by atoms with Crippen LogP contribution in [0.3, 0.4) is 0 Å². The van der Waals surface area contributed by atoms with E-state index in [0.29, 0.717) is 10.9 Å². The van der Waals surface area contributed by atoms with Crippen molar-refractivity contribution in [3.05, 3.63) is 53.6 Å². The van der Waals surface area contributed by atoms with Crippen molar-refractivity contribution in [2.75, 3.05) is 22.1 Å². The first-order chi connectivity index (χ1) is 14.6. The molecule has 0 aliphatic heterocycles. The fourth-order valence-corrected chi connectivity index (χ4v) is 4.97. The first-order valence-electron chi connectivity index (χ1n) is 9.31. The van der Waals surface area contributed by atoms with Gasteiger partial charge in [0.05, 0.1) is 23.3 Å². The van der Waals surface area contributed by atoms with Gasteiger partial charge in [-0.1, -0.05) is 60.4 Å². The van der Waals surface area contributed by atoms with E-state index in [-0.39, 0.29) is 11.7 Å². The zero-order valence-electron chi connectivity index (χ0n) is 16.6. The Morgan fingerprint density at radius 3 is 2.80 bits per heavy atom. The molecule has 6 nitrogen and oxygen atoms in total. The number of carbonyl (C=O) groups is 1. The number of nitriles is 1. The fourth-order valence-electron chi connectivity index (χ4n) is 2.75. The Balaban J connectivity index is 1.57. The summed E-state index contributed by atoms with van der Waals surface area (Å²) in [5, 5.41) is 24.2. The molecule has 1 amide bonds. The van der Waals surface area contributed by atoms with Gasteiger partial charge in [-0.15, -0.1) is 22.0 Å². The van der Waals surface area contributed by atoms with Crippen molar-refractivity contribution in [3.63, 3.8) is 0 Å². The van der Waals surface area contributed by atoms with Crippen molar-refractivity contribution in [1.82, 2.24) is 10.2 Å². The Hall–Kier alpha value is -2.54. The van der Waals surface area contributed by atoms with Crippen molar-refractivity contribution in [2.24, 2.45) is 0 Å². The third-order valence-corrected chi connectivity index (χ3v) is 7.07. The molecule has 1 aromatic heterocycles. The minimum Gasteiger partial charge on any atom is -0.330 e. The van der Waals surface area contributed by atoms with E-state index in [1.165, 1.54) is 40.4 Å². The van der Waals surface area contributed by atoms with Crippen LogP contribution in [0.15, 0.2) is 51.7 Å². The molecule has 1 heterocycles. The Morgan fingerprint density at radius 2 is 2.00 bits per heavy atom. The average molecular weight is 456 g/mol. The predicted molar refractivity (Wildman–Crippen MR) is 126 cm³/mol. The number of aromatic nitrogens is 2. The van der Waals surface area contributed by atoms with E-state index in [4.69, 9.17) is 5.26 Å². The molecular weight excluding hydrogens is 434 g/mol. The van der Waals surface area contributed by atoms with Gasteiger partial charge >= 0.3 is 0 Å². The number of benzene rings is 2. The highest BCUT2D eigenvalue weighted by Crippen LogP contribution is 2.31. The number of aryl methyl sites for hydroxylation is 2. The number of nitrogens with zero attached hydrogens (tertiary/aromatic N) is 3. The summed E-state index contributed by atoms with van der Waals surface area (Å²) in [4.78, 5) is 13.3. The van der Waals surface area contributed by atoms with Crippen LogP contribution in [-0.4, -0.2) is 27.6 Å². The van der Waals surface area contributed by atoms with E-state index >= 15 is 0 Å². The van der Waals surface area contributed by atoms with Crippen LogP contribution in [0.4, 0.5) is 16.5 Å². The Labute approximate surface area is 188 Å². The van der Waals surface area contributed by atoms with Gasteiger partial charge in [-0.05, 0) is 36.6 Å². The van der Waals surface area contributed by atoms with E-state index in [1.54, 1.807) is 0 Å². The standard InChI is InChI=1S/C21H21N5OS3/c1-3-15-8-6-7-14(2)19(15)24-20-25-26-21(30-20)29-13-18(27)23-16-9-4-5-10-17(16)28-12-11-22/h4-10H,3,12-13H2,1-2H3,(H,23,27)(H,24,25). The van der Waals surface area contributed by atoms with Gasteiger partial charge in [-0.3, -0.25) is 4.79 Å². The van der Waals surface area contributed by atoms with E-state index in [9.17, 15) is 4.79 Å². The van der Waals surface area contributed by atoms with E-state index in [2.05, 4.69) is 58.9 Å². The largest absolute Gasteiger partial charge is 0.330 e. The Kier molecular flexibility index (Phi) is 8.13. The van der Waals surface area contributed by atoms with Crippen molar-refractivity contribution in [3.8, 4) is 6.07 Å². The lowest BCUT2D eigenvalue weighted by atomic mass is 10.1. The summed E-state index contributed by atoms with van der Waals surface area (Å²) in [6.45, 7) is 4.19. The van der Waals surface area contributed by atoms with Crippen LogP contribution in [0.25, 0.3) is 0 Å². The van der Waals surface area contributed by atoms with Crippen molar-refractivity contribution in [1.29, 1.82) is 5.26 Å². The minimum absolute atomic E-state index is 0.123. The van der Waals surface area contributed by atoms with Gasteiger partial charge in [-0.25, -0.2) is 0 Å². The van der Waals surface area contributed by atoms with Crippen LogP contribution >= 0.6 is 34.9 Å². The molecular formula is C21H21N5OS3. The first kappa shape index (κ1) is 22.2. The zero-order valence-corrected chi connectivity index (χ0v) is 19.1. The molecule has 0 aliphatic carbocycles. The zero-order chi connectivity index (χ0) is 21.3. The van der Waals surface area contributed by atoms with Gasteiger partial charge < -0.3 is 10.6 Å². The summed E-state index contributed by atoms with van der Waals surface area (Å²) in [7, 11) is 0. The molecule has 30 heavy (non-hydrogen) atoms. The molecule has 0 spiro atoms. The fraction of sp³-hybridized carbons (Fsp3) is 0.238. The maximum absolute atomic E-state index is 12.4. The van der Waals surface area contributed by atoms with Crippen molar-refractivity contribution >= 4 is 57.3 Å². The highest BCUT2D eigenvalue weighted by molar-refractivity contribution is 8.01. The summed E-state index contributed by atoms with van der Waals surface area (Å²) in [5.41, 5.74) is 4.17. The second-order valence-electron chi connectivity index (χ2n) is 6.24. The molecule has 9 heteroatoms. The summed E-state index contributed by atoms with van der Waals surface area (Å²) in [6, 6.07) is 15.8. The lowest BCUT2D eigenvalue weighted by Crippen LogP contribution is -2.14. The molecule has 0 saturated carbocycles. The molecule has 0 saturated heterocycles. The average Bonchev–Trinajstić information content (AvgIpc) is 3.20. The van der Waals surface area contributed by atoms with Crippen LogP contribution < -0.4 is 10.6 Å². The third kappa shape index (κ3) is 5.98. The quantitative estimate of drug-likeness (QED) is 0.412. The normalized spacial score (nSPS) is 10.4. The molecule has 2 N–H and O–H groups in total. The summed E-state index contributed by atoms with van der Waals surface area (Å²) < 4.78 is 0.728. The lowest BCUT2D eigenvalue weighted by molar-refractivity contribution is -0.113. The molecule has 0 fully saturated rings. The highest BCUT2D eigenvalue weighted by atomic mass is 32.2. The number of nitrogens with one attached hydrogen (secondary N) is 2. The van der Waals surface area contributed by atoms with Crippen LogP contribution in [0, 0.1) is 18.3 Å². The Morgan fingerprint density at radius 1 is 1.17 bits per heavy atom. The monoisotopic (exact) mass is 455 g/mol. The number of amides is 1. The molecule has 0 unspecified atom stereocenters. The molecule has 0 atom stereocenters. The first-order valence-corrected chi connectivity index (χ1v) is 12.1. The van der Waals surface area contributed by atoms with Crippen LogP contribution in [0.1, 0.15) is 18.1 Å². The van der Waals surface area contributed by atoms with Crippen LogP contribution in [0.5, 0.6) is 0 Å². The highest BCUT2D eigenvalue weighted by Gasteiger charge is 2.12. The van der Waals surface area contributed by atoms with Gasteiger partial charge in [0.25, 0.3) is 0 Å². The maximum atomic E-state index is 12.4. The lowest BCUT2D eigenvalue weighted by Gasteiger charge is -2.11. The number of para-hydroxylation sites is 2. The number of hydrogen-bond acceptors (Lipinski definition) is 8. The number of carbonyl (C=O) groups excluding carboxylic acids is 1. The summed E-state index contributed by atoms with van der Waals surface area (Å²) in [5.74, 6) is 0.445. The van der Waals surface area contributed by atoms with Gasteiger partial charge in [0.15, 0.2) is 4.34 Å². The van der Waals surface area contributed by atoms with E-state index in [0.717, 1.165) is 32.6 Å². The number of rotatable bonds is 9.